The van der Waals surface area contributed by atoms with Gasteiger partial charge in [-0.15, -0.1) is 12.4 Å². The molecule has 0 aliphatic rings. The van der Waals surface area contributed by atoms with Crippen molar-refractivity contribution in [2.24, 2.45) is 5.84 Å². The number of hydrogen-bond acceptors (Lipinski definition) is 2. The monoisotopic (exact) mass is 208 g/mol. The number of carbonyl (C=O) groups is 1. The first-order valence-electron chi connectivity index (χ1n) is 3.11. The highest BCUT2D eigenvalue weighted by atomic mass is 35.5. The van der Waals surface area contributed by atoms with Gasteiger partial charge in [-0.25, -0.2) is 14.6 Å². The van der Waals surface area contributed by atoms with Gasteiger partial charge in [0, 0.05) is 0 Å². The largest absolute Gasteiger partial charge is 0.290 e. The molecule has 0 aliphatic heterocycles. The molecule has 3 nitrogen and oxygen atoms in total. The molecule has 0 radical (unpaired) electrons. The number of hydrogen-bond donors (Lipinski definition) is 2. The summed E-state index contributed by atoms with van der Waals surface area (Å²) in [4.78, 5) is 10.7. The molecule has 3 N–H and O–H groups in total. The number of hydrazine groups is 1. The van der Waals surface area contributed by atoms with Crippen LogP contribution < -0.4 is 11.3 Å². The Balaban J connectivity index is 0.00000144. The Bertz CT molecular complexity index is 299. The van der Waals surface area contributed by atoms with E-state index in [2.05, 4.69) is 0 Å². The van der Waals surface area contributed by atoms with E-state index in [1.54, 1.807) is 5.43 Å². The van der Waals surface area contributed by atoms with Gasteiger partial charge in [-0.3, -0.25) is 10.2 Å². The van der Waals surface area contributed by atoms with Gasteiger partial charge in [-0.05, 0) is 12.1 Å². The van der Waals surface area contributed by atoms with Gasteiger partial charge in [0.2, 0.25) is 0 Å². The molecular formula is C7H7ClF2N2O. The van der Waals surface area contributed by atoms with Gasteiger partial charge in [-0.1, -0.05) is 6.07 Å². The molecule has 0 unspecified atom stereocenters. The molecule has 1 amide bonds. The van der Waals surface area contributed by atoms with E-state index in [1.807, 2.05) is 0 Å². The molecular weight excluding hydrogens is 202 g/mol. The van der Waals surface area contributed by atoms with Gasteiger partial charge in [-0.2, -0.15) is 0 Å². The van der Waals surface area contributed by atoms with Crippen LogP contribution in [0.25, 0.3) is 0 Å². The Morgan fingerprint density at radius 1 is 1.31 bits per heavy atom. The predicted molar refractivity (Wildman–Crippen MR) is 45.3 cm³/mol. The van der Waals surface area contributed by atoms with Crippen LogP contribution >= 0.6 is 12.4 Å². The zero-order valence-corrected chi connectivity index (χ0v) is 7.20. The van der Waals surface area contributed by atoms with Crippen molar-refractivity contribution in [2.75, 3.05) is 0 Å². The van der Waals surface area contributed by atoms with E-state index in [1.165, 1.54) is 0 Å². The smallest absolute Gasteiger partial charge is 0.271 e. The number of rotatable bonds is 1. The molecule has 0 fully saturated rings. The molecule has 0 spiro atoms. The van der Waals surface area contributed by atoms with E-state index in [4.69, 9.17) is 5.84 Å². The summed E-state index contributed by atoms with van der Waals surface area (Å²) in [5.74, 6) is 1.86. The Hall–Kier alpha value is -1.20. The Morgan fingerprint density at radius 3 is 2.15 bits per heavy atom. The third kappa shape index (κ3) is 2.37. The molecule has 1 aromatic carbocycles. The lowest BCUT2D eigenvalue weighted by Crippen LogP contribution is -2.31. The van der Waals surface area contributed by atoms with E-state index in [9.17, 15) is 13.6 Å². The average molecular weight is 209 g/mol. The lowest BCUT2D eigenvalue weighted by molar-refractivity contribution is 0.0945. The van der Waals surface area contributed by atoms with Gasteiger partial charge in [0.15, 0.2) is 0 Å². The minimum atomic E-state index is -0.981. The normalized spacial score (nSPS) is 8.85. The minimum Gasteiger partial charge on any atom is -0.290 e. The number of carbonyl (C=O) groups excluding carboxylic acids is 1. The molecule has 0 saturated heterocycles. The summed E-state index contributed by atoms with van der Waals surface area (Å²) in [5, 5.41) is 0. The lowest BCUT2D eigenvalue weighted by Gasteiger charge is -2.01. The maximum atomic E-state index is 12.7. The van der Waals surface area contributed by atoms with Gasteiger partial charge >= 0.3 is 0 Å². The van der Waals surface area contributed by atoms with E-state index in [0.29, 0.717) is 0 Å². The molecule has 0 aliphatic carbocycles. The van der Waals surface area contributed by atoms with Crippen molar-refractivity contribution in [1.29, 1.82) is 0 Å². The SMILES string of the molecule is Cl.NNC(=O)c1c(F)cccc1F. The fourth-order valence-corrected chi connectivity index (χ4v) is 0.787. The van der Waals surface area contributed by atoms with Crippen molar-refractivity contribution >= 4 is 18.3 Å². The number of benzene rings is 1. The van der Waals surface area contributed by atoms with Crippen LogP contribution in [-0.4, -0.2) is 5.91 Å². The van der Waals surface area contributed by atoms with Crippen LogP contribution in [-0.2, 0) is 0 Å². The highest BCUT2D eigenvalue weighted by Gasteiger charge is 2.14. The first-order valence-corrected chi connectivity index (χ1v) is 3.11. The second-order valence-corrected chi connectivity index (χ2v) is 2.07. The number of amides is 1. The number of nitrogens with one attached hydrogen (secondary N) is 1. The first-order chi connectivity index (χ1) is 5.66. The zero-order valence-electron chi connectivity index (χ0n) is 6.38. The molecule has 1 rings (SSSR count). The fourth-order valence-electron chi connectivity index (χ4n) is 0.787. The Kier molecular flexibility index (Phi) is 4.30. The summed E-state index contributed by atoms with van der Waals surface area (Å²) in [5.41, 5.74) is 0.977. The van der Waals surface area contributed by atoms with Crippen LogP contribution in [0.1, 0.15) is 10.4 Å². The first kappa shape index (κ1) is 11.8. The Labute approximate surface area is 79.3 Å². The molecule has 6 heteroatoms. The molecule has 0 aromatic heterocycles. The van der Waals surface area contributed by atoms with Crippen molar-refractivity contribution in [3.63, 3.8) is 0 Å². The van der Waals surface area contributed by atoms with Crippen molar-refractivity contribution in [3.8, 4) is 0 Å². The molecule has 1 aromatic rings. The van der Waals surface area contributed by atoms with Crippen LogP contribution in [0.2, 0.25) is 0 Å². The van der Waals surface area contributed by atoms with E-state index >= 15 is 0 Å². The molecule has 13 heavy (non-hydrogen) atoms. The maximum Gasteiger partial charge on any atom is 0.271 e. The van der Waals surface area contributed by atoms with Crippen molar-refractivity contribution in [1.82, 2.24) is 5.43 Å². The van der Waals surface area contributed by atoms with Gasteiger partial charge < -0.3 is 0 Å². The minimum absolute atomic E-state index is 0. The van der Waals surface area contributed by atoms with Crippen LogP contribution in [0, 0.1) is 11.6 Å². The third-order valence-corrected chi connectivity index (χ3v) is 1.32. The Morgan fingerprint density at radius 2 is 1.77 bits per heavy atom. The van der Waals surface area contributed by atoms with Crippen molar-refractivity contribution in [3.05, 3.63) is 35.4 Å². The van der Waals surface area contributed by atoms with Crippen LogP contribution in [0.3, 0.4) is 0 Å². The molecule has 72 valence electrons. The van der Waals surface area contributed by atoms with E-state index in [0.717, 1.165) is 18.2 Å². The summed E-state index contributed by atoms with van der Waals surface area (Å²) >= 11 is 0. The molecule has 0 bridgehead atoms. The quantitative estimate of drug-likeness (QED) is 0.411. The number of nitrogens with two attached hydrogens (primary N) is 1. The van der Waals surface area contributed by atoms with Crippen molar-refractivity contribution in [2.45, 2.75) is 0 Å². The summed E-state index contributed by atoms with van der Waals surface area (Å²) in [6.45, 7) is 0. The predicted octanol–water partition coefficient (Wildman–Crippen LogP) is 0.990. The summed E-state index contributed by atoms with van der Waals surface area (Å²) in [6, 6.07) is 3.12. The van der Waals surface area contributed by atoms with Crippen LogP contribution in [0.15, 0.2) is 18.2 Å². The number of halogens is 3. The topological polar surface area (TPSA) is 55.1 Å². The van der Waals surface area contributed by atoms with E-state index in [-0.39, 0.29) is 12.4 Å². The lowest BCUT2D eigenvalue weighted by atomic mass is 10.2. The van der Waals surface area contributed by atoms with Gasteiger partial charge in [0.1, 0.15) is 17.2 Å². The third-order valence-electron chi connectivity index (χ3n) is 1.32. The van der Waals surface area contributed by atoms with Gasteiger partial charge in [0.05, 0.1) is 0 Å². The van der Waals surface area contributed by atoms with E-state index < -0.39 is 23.1 Å². The van der Waals surface area contributed by atoms with Crippen LogP contribution in [0.5, 0.6) is 0 Å². The van der Waals surface area contributed by atoms with Gasteiger partial charge in [0.25, 0.3) is 5.91 Å². The summed E-state index contributed by atoms with van der Waals surface area (Å²) < 4.78 is 25.5. The fraction of sp³-hybridized carbons (Fsp3) is 0. The van der Waals surface area contributed by atoms with Crippen molar-refractivity contribution < 1.29 is 13.6 Å². The van der Waals surface area contributed by atoms with Crippen LogP contribution in [0.4, 0.5) is 8.78 Å². The maximum absolute atomic E-state index is 12.7. The highest BCUT2D eigenvalue weighted by molar-refractivity contribution is 5.94. The molecule has 0 saturated carbocycles. The molecule has 0 atom stereocenters. The number of nitrogen functional groups attached to an aromatic ring is 1. The second-order valence-electron chi connectivity index (χ2n) is 2.07. The summed E-state index contributed by atoms with van der Waals surface area (Å²) in [7, 11) is 0. The second kappa shape index (κ2) is 4.74. The highest BCUT2D eigenvalue weighted by Crippen LogP contribution is 2.10. The molecule has 0 heterocycles. The summed E-state index contributed by atoms with van der Waals surface area (Å²) in [6.07, 6.45) is 0. The average Bonchev–Trinajstić information content (AvgIpc) is 2.03. The zero-order chi connectivity index (χ0) is 9.14. The standard InChI is InChI=1S/C7H6F2N2O.ClH/c8-4-2-1-3-5(9)6(4)7(12)11-10;/h1-3H,10H2,(H,11,12);1H.